The lowest BCUT2D eigenvalue weighted by Gasteiger charge is -2.27. The third-order valence-electron chi connectivity index (χ3n) is 2.96. The summed E-state index contributed by atoms with van der Waals surface area (Å²) in [5.41, 5.74) is 0. The average molecular weight is 278 g/mol. The maximum Gasteiger partial charge on any atom is 0.0701 e. The first-order chi connectivity index (χ1) is 7.33. The SMILES string of the molecule is CN(CCCCCBr)CC1CCCCO1. The van der Waals surface area contributed by atoms with Crippen LogP contribution < -0.4 is 0 Å². The van der Waals surface area contributed by atoms with E-state index in [0.29, 0.717) is 6.10 Å². The second-order valence-corrected chi connectivity index (χ2v) is 5.29. The van der Waals surface area contributed by atoms with E-state index in [1.165, 1.54) is 45.1 Å². The summed E-state index contributed by atoms with van der Waals surface area (Å²) >= 11 is 3.46. The first-order valence-electron chi connectivity index (χ1n) is 6.19. The Kier molecular flexibility index (Phi) is 7.67. The molecule has 0 aliphatic carbocycles. The molecule has 0 radical (unpaired) electrons. The van der Waals surface area contributed by atoms with Gasteiger partial charge >= 0.3 is 0 Å². The predicted octanol–water partition coefficient (Wildman–Crippen LogP) is 3.05. The zero-order chi connectivity index (χ0) is 10.9. The number of hydrogen-bond donors (Lipinski definition) is 0. The number of nitrogens with zero attached hydrogens (tertiary/aromatic N) is 1. The molecule has 0 amide bonds. The summed E-state index contributed by atoms with van der Waals surface area (Å²) < 4.78 is 5.73. The van der Waals surface area contributed by atoms with E-state index >= 15 is 0 Å². The fraction of sp³-hybridized carbons (Fsp3) is 1.00. The Morgan fingerprint density at radius 2 is 2.13 bits per heavy atom. The smallest absolute Gasteiger partial charge is 0.0701 e. The highest BCUT2D eigenvalue weighted by Crippen LogP contribution is 2.13. The Balaban J connectivity index is 1.98. The molecule has 0 aromatic rings. The molecule has 1 aliphatic rings. The second kappa shape index (κ2) is 8.54. The van der Waals surface area contributed by atoms with Gasteiger partial charge in [-0.25, -0.2) is 0 Å². The molecule has 2 nitrogen and oxygen atoms in total. The minimum atomic E-state index is 0.500. The van der Waals surface area contributed by atoms with Gasteiger partial charge in [-0.2, -0.15) is 0 Å². The Bertz CT molecular complexity index is 149. The quantitative estimate of drug-likeness (QED) is 0.524. The predicted molar refractivity (Wildman–Crippen MR) is 68.7 cm³/mol. The summed E-state index contributed by atoms with van der Waals surface area (Å²) in [5, 5.41) is 1.14. The number of hydrogen-bond acceptors (Lipinski definition) is 2. The Morgan fingerprint density at radius 3 is 2.80 bits per heavy atom. The molecule has 1 aliphatic heterocycles. The monoisotopic (exact) mass is 277 g/mol. The summed E-state index contributed by atoms with van der Waals surface area (Å²) in [6.07, 6.45) is 8.31. The highest BCUT2D eigenvalue weighted by molar-refractivity contribution is 9.09. The number of halogens is 1. The van der Waals surface area contributed by atoms with Crippen molar-refractivity contribution in [1.29, 1.82) is 0 Å². The van der Waals surface area contributed by atoms with E-state index in [2.05, 4.69) is 27.9 Å². The van der Waals surface area contributed by atoms with Gasteiger partial charge in [0, 0.05) is 18.5 Å². The van der Waals surface area contributed by atoms with Gasteiger partial charge in [-0.05, 0) is 45.7 Å². The topological polar surface area (TPSA) is 12.5 Å². The standard InChI is InChI=1S/C12H24BrNO/c1-14(9-5-2-4-8-13)11-12-7-3-6-10-15-12/h12H,2-11H2,1H3. The van der Waals surface area contributed by atoms with Gasteiger partial charge in [0.2, 0.25) is 0 Å². The number of unbranched alkanes of at least 4 members (excludes halogenated alkanes) is 2. The van der Waals surface area contributed by atoms with E-state index in [0.717, 1.165) is 18.5 Å². The van der Waals surface area contributed by atoms with Gasteiger partial charge in [-0.1, -0.05) is 22.4 Å². The molecule has 0 spiro atoms. The molecular formula is C12H24BrNO. The molecule has 1 rings (SSSR count). The van der Waals surface area contributed by atoms with E-state index in [-0.39, 0.29) is 0 Å². The minimum Gasteiger partial charge on any atom is -0.377 e. The molecule has 1 fully saturated rings. The van der Waals surface area contributed by atoms with E-state index in [1.54, 1.807) is 0 Å². The van der Waals surface area contributed by atoms with Gasteiger partial charge in [-0.15, -0.1) is 0 Å². The van der Waals surface area contributed by atoms with Crippen molar-refractivity contribution >= 4 is 15.9 Å². The van der Waals surface area contributed by atoms with Crippen LogP contribution in [0, 0.1) is 0 Å². The fourth-order valence-corrected chi connectivity index (χ4v) is 2.44. The lowest BCUT2D eigenvalue weighted by Crippen LogP contribution is -2.33. The summed E-state index contributed by atoms with van der Waals surface area (Å²) in [7, 11) is 2.21. The van der Waals surface area contributed by atoms with Crippen molar-refractivity contribution < 1.29 is 4.74 Å². The van der Waals surface area contributed by atoms with E-state index in [9.17, 15) is 0 Å². The molecule has 0 bridgehead atoms. The number of rotatable bonds is 7. The highest BCUT2D eigenvalue weighted by atomic mass is 79.9. The largest absolute Gasteiger partial charge is 0.377 e. The van der Waals surface area contributed by atoms with Gasteiger partial charge in [0.15, 0.2) is 0 Å². The average Bonchev–Trinajstić information content (AvgIpc) is 2.26. The van der Waals surface area contributed by atoms with Gasteiger partial charge < -0.3 is 9.64 Å². The summed E-state index contributed by atoms with van der Waals surface area (Å²) in [4.78, 5) is 2.42. The molecule has 15 heavy (non-hydrogen) atoms. The molecule has 1 saturated heterocycles. The van der Waals surface area contributed by atoms with Crippen molar-refractivity contribution in [2.45, 2.75) is 44.6 Å². The lowest BCUT2D eigenvalue weighted by atomic mass is 10.1. The molecule has 1 atom stereocenters. The molecule has 3 heteroatoms. The molecule has 90 valence electrons. The van der Waals surface area contributed by atoms with Gasteiger partial charge in [0.05, 0.1) is 6.10 Å². The van der Waals surface area contributed by atoms with Crippen LogP contribution in [0.3, 0.4) is 0 Å². The number of alkyl halides is 1. The zero-order valence-electron chi connectivity index (χ0n) is 9.88. The maximum absolute atomic E-state index is 5.73. The van der Waals surface area contributed by atoms with Crippen LogP contribution in [0.15, 0.2) is 0 Å². The van der Waals surface area contributed by atoms with Crippen LogP contribution in [0.25, 0.3) is 0 Å². The zero-order valence-corrected chi connectivity index (χ0v) is 11.5. The van der Waals surface area contributed by atoms with Gasteiger partial charge in [0.1, 0.15) is 0 Å². The van der Waals surface area contributed by atoms with Crippen LogP contribution in [0.5, 0.6) is 0 Å². The number of ether oxygens (including phenoxy) is 1. The van der Waals surface area contributed by atoms with Crippen LogP contribution in [0.2, 0.25) is 0 Å². The third kappa shape index (κ3) is 6.54. The van der Waals surface area contributed by atoms with Gasteiger partial charge in [-0.3, -0.25) is 0 Å². The van der Waals surface area contributed by atoms with Crippen molar-refractivity contribution in [3.63, 3.8) is 0 Å². The van der Waals surface area contributed by atoms with Crippen LogP contribution >= 0.6 is 15.9 Å². The normalized spacial score (nSPS) is 22.2. The van der Waals surface area contributed by atoms with Crippen molar-refractivity contribution in [2.24, 2.45) is 0 Å². The molecule has 0 aromatic heterocycles. The lowest BCUT2D eigenvalue weighted by molar-refractivity contribution is -0.00159. The van der Waals surface area contributed by atoms with E-state index in [4.69, 9.17) is 4.74 Å². The molecule has 0 aromatic carbocycles. The van der Waals surface area contributed by atoms with Crippen LogP contribution in [0.4, 0.5) is 0 Å². The highest BCUT2D eigenvalue weighted by Gasteiger charge is 2.15. The van der Waals surface area contributed by atoms with Crippen LogP contribution in [0.1, 0.15) is 38.5 Å². The molecule has 0 N–H and O–H groups in total. The molecule has 1 heterocycles. The maximum atomic E-state index is 5.73. The molecule has 0 saturated carbocycles. The van der Waals surface area contributed by atoms with Crippen LogP contribution in [-0.2, 0) is 4.74 Å². The Labute approximate surface area is 102 Å². The molecular weight excluding hydrogens is 254 g/mol. The summed E-state index contributed by atoms with van der Waals surface area (Å²) in [6.45, 7) is 3.31. The van der Waals surface area contributed by atoms with Crippen molar-refractivity contribution in [1.82, 2.24) is 4.90 Å². The van der Waals surface area contributed by atoms with E-state index in [1.807, 2.05) is 0 Å². The van der Waals surface area contributed by atoms with Crippen molar-refractivity contribution in [3.8, 4) is 0 Å². The Morgan fingerprint density at radius 1 is 1.27 bits per heavy atom. The summed E-state index contributed by atoms with van der Waals surface area (Å²) in [6, 6.07) is 0. The Hall–Kier alpha value is 0.400. The third-order valence-corrected chi connectivity index (χ3v) is 3.52. The number of likely N-dealkylation sites (N-methyl/N-ethyl adjacent to an activating group) is 1. The first kappa shape index (κ1) is 13.5. The minimum absolute atomic E-state index is 0.500. The van der Waals surface area contributed by atoms with Gasteiger partial charge in [0.25, 0.3) is 0 Å². The second-order valence-electron chi connectivity index (χ2n) is 4.50. The van der Waals surface area contributed by atoms with Crippen molar-refractivity contribution in [2.75, 3.05) is 32.1 Å². The van der Waals surface area contributed by atoms with Crippen molar-refractivity contribution in [3.05, 3.63) is 0 Å². The fourth-order valence-electron chi connectivity index (χ4n) is 2.04. The first-order valence-corrected chi connectivity index (χ1v) is 7.31. The van der Waals surface area contributed by atoms with Crippen LogP contribution in [-0.4, -0.2) is 43.1 Å². The molecule has 1 unspecified atom stereocenters. The summed E-state index contributed by atoms with van der Waals surface area (Å²) in [5.74, 6) is 0. The van der Waals surface area contributed by atoms with E-state index < -0.39 is 0 Å².